The molecule has 1 aliphatic rings. The first-order chi connectivity index (χ1) is 10.5. The van der Waals surface area contributed by atoms with Crippen LogP contribution in [-0.2, 0) is 4.79 Å². The molecule has 0 radical (unpaired) electrons. The molecule has 0 saturated carbocycles. The normalized spacial score (nSPS) is 18.2. The Morgan fingerprint density at radius 1 is 1.32 bits per heavy atom. The number of carbonyl (C=O) groups excluding carboxylic acids is 1. The van der Waals surface area contributed by atoms with Gasteiger partial charge in [-0.3, -0.25) is 4.79 Å². The van der Waals surface area contributed by atoms with Crippen molar-refractivity contribution in [2.45, 2.75) is 6.92 Å². The van der Waals surface area contributed by atoms with E-state index in [-0.39, 0.29) is 5.91 Å². The summed E-state index contributed by atoms with van der Waals surface area (Å²) in [5, 5.41) is 3.99. The van der Waals surface area contributed by atoms with E-state index in [2.05, 4.69) is 26.2 Å². The third-order valence-corrected chi connectivity index (χ3v) is 5.79. The van der Waals surface area contributed by atoms with Crippen molar-refractivity contribution in [3.8, 4) is 0 Å². The molecule has 1 saturated heterocycles. The van der Waals surface area contributed by atoms with Crippen molar-refractivity contribution in [2.75, 3.05) is 0 Å². The highest BCUT2D eigenvalue weighted by Crippen LogP contribution is 2.31. The van der Waals surface area contributed by atoms with Gasteiger partial charge in [0.15, 0.2) is 5.17 Å². The van der Waals surface area contributed by atoms with Gasteiger partial charge >= 0.3 is 0 Å². The SMILES string of the molecule is Cc1ccc(N=C2NC(=O)C(=Cc3ccc(Br)s3)S2)cc1Cl. The van der Waals surface area contributed by atoms with Gasteiger partial charge in [0.25, 0.3) is 5.91 Å². The topological polar surface area (TPSA) is 41.5 Å². The van der Waals surface area contributed by atoms with E-state index in [4.69, 9.17) is 11.6 Å². The maximum absolute atomic E-state index is 12.0. The van der Waals surface area contributed by atoms with Crippen LogP contribution in [0.2, 0.25) is 5.02 Å². The molecule has 0 aliphatic carbocycles. The number of halogens is 2. The van der Waals surface area contributed by atoms with Crippen LogP contribution < -0.4 is 5.32 Å². The van der Waals surface area contributed by atoms with E-state index >= 15 is 0 Å². The Labute approximate surface area is 149 Å². The Hall–Kier alpha value is -1.08. The van der Waals surface area contributed by atoms with Crippen LogP contribution in [0.25, 0.3) is 6.08 Å². The molecule has 1 fully saturated rings. The summed E-state index contributed by atoms with van der Waals surface area (Å²) in [6.07, 6.45) is 1.86. The summed E-state index contributed by atoms with van der Waals surface area (Å²) in [6.45, 7) is 1.94. The molecule has 112 valence electrons. The molecule has 1 aromatic heterocycles. The zero-order valence-electron chi connectivity index (χ0n) is 11.4. The van der Waals surface area contributed by atoms with Gasteiger partial charge in [-0.1, -0.05) is 17.7 Å². The first kappa shape index (κ1) is 15.8. The lowest BCUT2D eigenvalue weighted by molar-refractivity contribution is -0.115. The number of hydrogen-bond acceptors (Lipinski definition) is 4. The van der Waals surface area contributed by atoms with Crippen LogP contribution in [0, 0.1) is 6.92 Å². The number of thioether (sulfide) groups is 1. The predicted molar refractivity (Wildman–Crippen MR) is 99.0 cm³/mol. The molecule has 3 rings (SSSR count). The number of hydrogen-bond donors (Lipinski definition) is 1. The number of aryl methyl sites for hydroxylation is 1. The minimum atomic E-state index is -0.133. The molecule has 2 aromatic rings. The Balaban J connectivity index is 1.83. The van der Waals surface area contributed by atoms with E-state index in [1.165, 1.54) is 11.8 Å². The summed E-state index contributed by atoms with van der Waals surface area (Å²) in [6, 6.07) is 9.49. The maximum atomic E-state index is 12.0. The molecule has 3 nitrogen and oxygen atoms in total. The van der Waals surface area contributed by atoms with Gasteiger partial charge < -0.3 is 5.32 Å². The number of thiophene rings is 1. The minimum absolute atomic E-state index is 0.133. The van der Waals surface area contributed by atoms with Crippen molar-refractivity contribution >= 4 is 73.5 Å². The number of nitrogens with zero attached hydrogens (tertiary/aromatic N) is 1. The molecular formula is C15H10BrClN2OS2. The molecule has 7 heteroatoms. The van der Waals surface area contributed by atoms with Crippen LogP contribution in [0.5, 0.6) is 0 Å². The smallest absolute Gasteiger partial charge is 0.264 e. The van der Waals surface area contributed by atoms with Gasteiger partial charge in [0.2, 0.25) is 0 Å². The molecule has 22 heavy (non-hydrogen) atoms. The zero-order valence-corrected chi connectivity index (χ0v) is 15.4. The summed E-state index contributed by atoms with van der Waals surface area (Å²) in [5.41, 5.74) is 1.72. The van der Waals surface area contributed by atoms with Gasteiger partial charge in [0.1, 0.15) is 0 Å². The average Bonchev–Trinajstić information content (AvgIpc) is 3.01. The van der Waals surface area contributed by atoms with Crippen LogP contribution in [0.3, 0.4) is 0 Å². The van der Waals surface area contributed by atoms with Crippen LogP contribution in [0.4, 0.5) is 5.69 Å². The summed E-state index contributed by atoms with van der Waals surface area (Å²) in [4.78, 5) is 18.1. The minimum Gasteiger partial charge on any atom is -0.300 e. The van der Waals surface area contributed by atoms with Gasteiger partial charge in [-0.15, -0.1) is 11.3 Å². The highest BCUT2D eigenvalue weighted by atomic mass is 79.9. The van der Waals surface area contributed by atoms with E-state index in [1.807, 2.05) is 37.3 Å². The molecular weight excluding hydrogens is 404 g/mol. The fourth-order valence-electron chi connectivity index (χ4n) is 1.78. The summed E-state index contributed by atoms with van der Waals surface area (Å²) in [5.74, 6) is -0.133. The second-order valence-corrected chi connectivity index (χ2v) is 8.49. The van der Waals surface area contributed by atoms with E-state index in [1.54, 1.807) is 17.4 Å². The van der Waals surface area contributed by atoms with E-state index in [9.17, 15) is 4.79 Å². The summed E-state index contributed by atoms with van der Waals surface area (Å²) in [7, 11) is 0. The Bertz CT molecular complexity index is 814. The van der Waals surface area contributed by atoms with Crippen LogP contribution in [0.1, 0.15) is 10.4 Å². The second kappa shape index (κ2) is 6.58. The maximum Gasteiger partial charge on any atom is 0.264 e. The lowest BCUT2D eigenvalue weighted by Crippen LogP contribution is -2.19. The number of amides is 1. The van der Waals surface area contributed by atoms with Crippen molar-refractivity contribution in [3.05, 3.63) is 54.5 Å². The van der Waals surface area contributed by atoms with E-state index in [0.29, 0.717) is 15.1 Å². The second-order valence-electron chi connectivity index (χ2n) is 4.56. The van der Waals surface area contributed by atoms with Gasteiger partial charge in [0.05, 0.1) is 14.4 Å². The molecule has 0 atom stereocenters. The van der Waals surface area contributed by atoms with Crippen molar-refractivity contribution < 1.29 is 4.79 Å². The number of amidine groups is 1. The average molecular weight is 414 g/mol. The molecule has 1 aliphatic heterocycles. The molecule has 1 aromatic carbocycles. The molecule has 0 unspecified atom stereocenters. The van der Waals surface area contributed by atoms with Crippen molar-refractivity contribution in [1.29, 1.82) is 0 Å². The quantitative estimate of drug-likeness (QED) is 0.673. The highest BCUT2D eigenvalue weighted by Gasteiger charge is 2.24. The van der Waals surface area contributed by atoms with Crippen molar-refractivity contribution in [3.63, 3.8) is 0 Å². The number of carbonyl (C=O) groups is 1. The van der Waals surface area contributed by atoms with Crippen molar-refractivity contribution in [1.82, 2.24) is 5.32 Å². The largest absolute Gasteiger partial charge is 0.300 e. The Morgan fingerprint density at radius 2 is 2.14 bits per heavy atom. The van der Waals surface area contributed by atoms with Crippen LogP contribution in [0.15, 0.2) is 44.0 Å². The van der Waals surface area contributed by atoms with Gasteiger partial charge in [-0.2, -0.15) is 0 Å². The predicted octanol–water partition coefficient (Wildman–Crippen LogP) is 5.36. The standard InChI is InChI=1S/C15H10BrClN2OS2/c1-8-2-3-9(6-11(8)17)18-15-19-14(20)12(22-15)7-10-4-5-13(16)21-10/h2-7H,1H3,(H,18,19,20). The Kier molecular flexibility index (Phi) is 4.73. The number of aliphatic imine (C=N–C) groups is 1. The summed E-state index contributed by atoms with van der Waals surface area (Å²) < 4.78 is 1.03. The fourth-order valence-corrected chi connectivity index (χ4v) is 4.23. The first-order valence-corrected chi connectivity index (χ1v) is 9.13. The van der Waals surface area contributed by atoms with Crippen molar-refractivity contribution in [2.24, 2.45) is 4.99 Å². The van der Waals surface area contributed by atoms with E-state index in [0.717, 1.165) is 19.9 Å². The molecule has 2 heterocycles. The number of benzene rings is 1. The number of nitrogens with one attached hydrogen (secondary N) is 1. The van der Waals surface area contributed by atoms with Gasteiger partial charge in [-0.25, -0.2) is 4.99 Å². The van der Waals surface area contributed by atoms with Crippen LogP contribution in [-0.4, -0.2) is 11.1 Å². The highest BCUT2D eigenvalue weighted by molar-refractivity contribution is 9.11. The molecule has 0 spiro atoms. The van der Waals surface area contributed by atoms with Crippen LogP contribution >= 0.6 is 50.6 Å². The molecule has 1 N–H and O–H groups in total. The third-order valence-electron chi connectivity index (χ3n) is 2.90. The zero-order chi connectivity index (χ0) is 15.7. The monoisotopic (exact) mass is 412 g/mol. The fraction of sp³-hybridized carbons (Fsp3) is 0.0667. The summed E-state index contributed by atoms with van der Waals surface area (Å²) >= 11 is 12.4. The molecule has 0 bridgehead atoms. The first-order valence-electron chi connectivity index (χ1n) is 6.32. The van der Waals surface area contributed by atoms with Gasteiger partial charge in [0, 0.05) is 9.90 Å². The lowest BCUT2D eigenvalue weighted by Gasteiger charge is -2.00. The third kappa shape index (κ3) is 3.63. The number of rotatable bonds is 2. The lowest BCUT2D eigenvalue weighted by atomic mass is 10.2. The van der Waals surface area contributed by atoms with E-state index < -0.39 is 0 Å². The van der Waals surface area contributed by atoms with Gasteiger partial charge in [-0.05, 0) is 70.5 Å². The molecule has 1 amide bonds. The Morgan fingerprint density at radius 3 is 2.82 bits per heavy atom.